The summed E-state index contributed by atoms with van der Waals surface area (Å²) in [5, 5.41) is 9.47. The summed E-state index contributed by atoms with van der Waals surface area (Å²) in [6.07, 6.45) is 6.87. The van der Waals surface area contributed by atoms with Crippen LogP contribution in [-0.2, 0) is 11.2 Å². The summed E-state index contributed by atoms with van der Waals surface area (Å²) < 4.78 is 0. The van der Waals surface area contributed by atoms with E-state index in [4.69, 9.17) is 0 Å². The molecule has 0 spiro atoms. The summed E-state index contributed by atoms with van der Waals surface area (Å²) >= 11 is 0. The van der Waals surface area contributed by atoms with Crippen molar-refractivity contribution in [1.29, 1.82) is 5.26 Å². The Hall–Kier alpha value is -2.28. The van der Waals surface area contributed by atoms with Crippen LogP contribution >= 0.6 is 0 Å². The molecule has 2 rings (SSSR count). The van der Waals surface area contributed by atoms with Crippen LogP contribution in [0.3, 0.4) is 0 Å². The fourth-order valence-corrected chi connectivity index (χ4v) is 3.59. The fraction of sp³-hybridized carbons (Fsp3) is 0.545. The Labute approximate surface area is 158 Å². The molecule has 0 unspecified atom stereocenters. The van der Waals surface area contributed by atoms with Crippen LogP contribution in [0.25, 0.3) is 0 Å². The SMILES string of the molecule is CCCN(/C=C(/C#N)C(=O)N1CCC(Cc2ccccc2)CC1)CCC. The molecule has 0 radical (unpaired) electrons. The largest absolute Gasteiger partial charge is 0.376 e. The van der Waals surface area contributed by atoms with Crippen molar-refractivity contribution in [1.82, 2.24) is 9.80 Å². The lowest BCUT2D eigenvalue weighted by molar-refractivity contribution is -0.128. The summed E-state index contributed by atoms with van der Waals surface area (Å²) in [5.74, 6) is 0.510. The highest BCUT2D eigenvalue weighted by atomic mass is 16.2. The van der Waals surface area contributed by atoms with E-state index in [1.54, 1.807) is 6.20 Å². The Kier molecular flexibility index (Phi) is 8.21. The van der Waals surface area contributed by atoms with Gasteiger partial charge in [0.05, 0.1) is 0 Å². The van der Waals surface area contributed by atoms with Gasteiger partial charge in [-0.15, -0.1) is 0 Å². The molecule has 1 aliphatic rings. The van der Waals surface area contributed by atoms with Crippen molar-refractivity contribution in [3.8, 4) is 6.07 Å². The van der Waals surface area contributed by atoms with E-state index in [2.05, 4.69) is 49.1 Å². The maximum absolute atomic E-state index is 12.7. The second kappa shape index (κ2) is 10.7. The number of nitriles is 1. The number of carbonyl (C=O) groups excluding carboxylic acids is 1. The average Bonchev–Trinajstić information content (AvgIpc) is 2.67. The molecule has 4 nitrogen and oxygen atoms in total. The lowest BCUT2D eigenvalue weighted by Crippen LogP contribution is -2.40. The minimum Gasteiger partial charge on any atom is -0.376 e. The zero-order valence-corrected chi connectivity index (χ0v) is 16.2. The first-order chi connectivity index (χ1) is 12.7. The molecular weight excluding hydrogens is 322 g/mol. The maximum Gasteiger partial charge on any atom is 0.266 e. The smallest absolute Gasteiger partial charge is 0.266 e. The van der Waals surface area contributed by atoms with E-state index in [9.17, 15) is 10.1 Å². The van der Waals surface area contributed by atoms with Gasteiger partial charge >= 0.3 is 0 Å². The molecular formula is C22H31N3O. The van der Waals surface area contributed by atoms with E-state index >= 15 is 0 Å². The molecule has 1 aromatic rings. The van der Waals surface area contributed by atoms with Crippen LogP contribution in [0, 0.1) is 17.2 Å². The average molecular weight is 354 g/mol. The van der Waals surface area contributed by atoms with Gasteiger partial charge in [0.1, 0.15) is 11.6 Å². The monoisotopic (exact) mass is 353 g/mol. The number of carbonyl (C=O) groups is 1. The third-order valence-corrected chi connectivity index (χ3v) is 4.95. The Morgan fingerprint density at radius 3 is 2.35 bits per heavy atom. The van der Waals surface area contributed by atoms with Crippen molar-refractivity contribution in [2.24, 2.45) is 5.92 Å². The van der Waals surface area contributed by atoms with Crippen LogP contribution in [0.5, 0.6) is 0 Å². The Morgan fingerprint density at radius 1 is 1.19 bits per heavy atom. The lowest BCUT2D eigenvalue weighted by atomic mass is 9.90. The van der Waals surface area contributed by atoms with Gasteiger partial charge in [-0.25, -0.2) is 0 Å². The van der Waals surface area contributed by atoms with E-state index < -0.39 is 0 Å². The number of hydrogen-bond donors (Lipinski definition) is 0. The molecule has 1 amide bonds. The zero-order valence-electron chi connectivity index (χ0n) is 16.2. The summed E-state index contributed by atoms with van der Waals surface area (Å²) in [5.41, 5.74) is 1.64. The van der Waals surface area contributed by atoms with E-state index in [1.165, 1.54) is 5.56 Å². The molecule has 0 N–H and O–H groups in total. The molecule has 1 aliphatic heterocycles. The van der Waals surface area contributed by atoms with Crippen molar-refractivity contribution < 1.29 is 4.79 Å². The van der Waals surface area contributed by atoms with Crippen molar-refractivity contribution >= 4 is 5.91 Å². The second-order valence-corrected chi connectivity index (χ2v) is 7.12. The standard InChI is InChI=1S/C22H31N3O/c1-3-12-24(13-4-2)18-21(17-23)22(26)25-14-10-20(11-15-25)16-19-8-6-5-7-9-19/h5-9,18,20H,3-4,10-16H2,1-2H3/b21-18-. The van der Waals surface area contributed by atoms with Crippen LogP contribution in [-0.4, -0.2) is 41.9 Å². The number of rotatable bonds is 8. The minimum atomic E-state index is -0.108. The molecule has 0 aromatic heterocycles. The van der Waals surface area contributed by atoms with Crippen molar-refractivity contribution in [3.63, 3.8) is 0 Å². The van der Waals surface area contributed by atoms with Gasteiger partial charge in [0.25, 0.3) is 5.91 Å². The first-order valence-electron chi connectivity index (χ1n) is 9.87. The van der Waals surface area contributed by atoms with Crippen molar-refractivity contribution in [2.75, 3.05) is 26.2 Å². The van der Waals surface area contributed by atoms with Crippen LogP contribution in [0.2, 0.25) is 0 Å². The summed E-state index contributed by atoms with van der Waals surface area (Å²) in [6, 6.07) is 12.7. The third-order valence-electron chi connectivity index (χ3n) is 4.95. The third kappa shape index (κ3) is 5.91. The molecule has 1 heterocycles. The fourth-order valence-electron chi connectivity index (χ4n) is 3.59. The molecule has 0 atom stereocenters. The number of nitrogens with zero attached hydrogens (tertiary/aromatic N) is 3. The second-order valence-electron chi connectivity index (χ2n) is 7.12. The van der Waals surface area contributed by atoms with Crippen LogP contribution in [0.15, 0.2) is 42.1 Å². The minimum absolute atomic E-state index is 0.108. The van der Waals surface area contributed by atoms with Gasteiger partial charge in [-0.05, 0) is 43.6 Å². The topological polar surface area (TPSA) is 47.3 Å². The van der Waals surface area contributed by atoms with E-state index in [1.807, 2.05) is 11.0 Å². The predicted octanol–water partition coefficient (Wildman–Crippen LogP) is 4.00. The number of amides is 1. The highest BCUT2D eigenvalue weighted by Gasteiger charge is 2.25. The van der Waals surface area contributed by atoms with E-state index in [0.717, 1.165) is 58.3 Å². The molecule has 1 aromatic carbocycles. The first kappa shape index (κ1) is 20.0. The molecule has 140 valence electrons. The lowest BCUT2D eigenvalue weighted by Gasteiger charge is -2.32. The number of benzene rings is 1. The van der Waals surface area contributed by atoms with E-state index in [-0.39, 0.29) is 11.5 Å². The summed E-state index contributed by atoms with van der Waals surface area (Å²) in [4.78, 5) is 16.7. The zero-order chi connectivity index (χ0) is 18.8. The molecule has 4 heteroatoms. The molecule has 0 aliphatic carbocycles. The van der Waals surface area contributed by atoms with Crippen LogP contribution in [0.1, 0.15) is 45.1 Å². The normalized spacial score (nSPS) is 15.6. The quantitative estimate of drug-likeness (QED) is 0.524. The highest BCUT2D eigenvalue weighted by Crippen LogP contribution is 2.22. The number of hydrogen-bond acceptors (Lipinski definition) is 3. The highest BCUT2D eigenvalue weighted by molar-refractivity contribution is 5.97. The summed E-state index contributed by atoms with van der Waals surface area (Å²) in [7, 11) is 0. The van der Waals surface area contributed by atoms with Crippen molar-refractivity contribution in [3.05, 3.63) is 47.7 Å². The molecule has 0 bridgehead atoms. The van der Waals surface area contributed by atoms with E-state index in [0.29, 0.717) is 5.92 Å². The Balaban J connectivity index is 1.92. The van der Waals surface area contributed by atoms with Gasteiger partial charge in [0, 0.05) is 32.4 Å². The van der Waals surface area contributed by atoms with Crippen LogP contribution in [0.4, 0.5) is 0 Å². The molecule has 1 saturated heterocycles. The van der Waals surface area contributed by atoms with Crippen LogP contribution < -0.4 is 0 Å². The molecule has 26 heavy (non-hydrogen) atoms. The number of piperidine rings is 1. The van der Waals surface area contributed by atoms with Gasteiger partial charge in [-0.3, -0.25) is 4.79 Å². The predicted molar refractivity (Wildman–Crippen MR) is 105 cm³/mol. The Morgan fingerprint density at radius 2 is 1.81 bits per heavy atom. The molecule has 1 fully saturated rings. The Bertz CT molecular complexity index is 619. The molecule has 0 saturated carbocycles. The van der Waals surface area contributed by atoms with Gasteiger partial charge in [-0.1, -0.05) is 44.2 Å². The number of likely N-dealkylation sites (tertiary alicyclic amines) is 1. The first-order valence-corrected chi connectivity index (χ1v) is 9.87. The van der Waals surface area contributed by atoms with Gasteiger partial charge < -0.3 is 9.80 Å². The van der Waals surface area contributed by atoms with Gasteiger partial charge in [0.15, 0.2) is 0 Å². The summed E-state index contributed by atoms with van der Waals surface area (Å²) in [6.45, 7) is 7.48. The van der Waals surface area contributed by atoms with Gasteiger partial charge in [-0.2, -0.15) is 5.26 Å². The maximum atomic E-state index is 12.7. The van der Waals surface area contributed by atoms with Crippen molar-refractivity contribution in [2.45, 2.75) is 46.0 Å². The van der Waals surface area contributed by atoms with Gasteiger partial charge in [0.2, 0.25) is 0 Å².